The topological polar surface area (TPSA) is 56.4 Å². The van der Waals surface area contributed by atoms with Gasteiger partial charge in [0.05, 0.1) is 17.4 Å². The van der Waals surface area contributed by atoms with Crippen molar-refractivity contribution in [1.82, 2.24) is 10.6 Å². The third-order valence-electron chi connectivity index (χ3n) is 3.87. The van der Waals surface area contributed by atoms with Crippen LogP contribution in [0.15, 0.2) is 18.2 Å². The zero-order valence-electron chi connectivity index (χ0n) is 12.1. The van der Waals surface area contributed by atoms with Crippen LogP contribution in [0.4, 0.5) is 11.4 Å². The van der Waals surface area contributed by atoms with Gasteiger partial charge in [-0.05, 0) is 32.0 Å². The second-order valence-corrected chi connectivity index (χ2v) is 5.79. The molecule has 1 unspecified atom stereocenters. The number of amides is 1. The minimum absolute atomic E-state index is 0.00738. The van der Waals surface area contributed by atoms with Crippen LogP contribution in [0.1, 0.15) is 24.2 Å². The highest BCUT2D eigenvalue weighted by Gasteiger charge is 2.28. The minimum Gasteiger partial charge on any atom is -0.381 e. The molecular weight excluding hydrogens is 252 g/mol. The monoisotopic (exact) mass is 274 g/mol. The van der Waals surface area contributed by atoms with Crippen LogP contribution >= 0.6 is 0 Å². The summed E-state index contributed by atoms with van der Waals surface area (Å²) < 4.78 is 0. The fourth-order valence-electron chi connectivity index (χ4n) is 2.90. The van der Waals surface area contributed by atoms with E-state index in [2.05, 4.69) is 26.9 Å². The molecule has 1 aromatic carbocycles. The van der Waals surface area contributed by atoms with E-state index < -0.39 is 0 Å². The van der Waals surface area contributed by atoms with Gasteiger partial charge in [-0.3, -0.25) is 4.79 Å². The summed E-state index contributed by atoms with van der Waals surface area (Å²) in [7, 11) is 0. The molecule has 5 nitrogen and oxygen atoms in total. The summed E-state index contributed by atoms with van der Waals surface area (Å²) in [6, 6.07) is 6.61. The van der Waals surface area contributed by atoms with E-state index in [1.807, 2.05) is 26.0 Å². The number of hydrogen-bond acceptors (Lipinski definition) is 4. The van der Waals surface area contributed by atoms with E-state index >= 15 is 0 Å². The predicted octanol–water partition coefficient (Wildman–Crippen LogP) is 1.03. The van der Waals surface area contributed by atoms with Gasteiger partial charge in [0.1, 0.15) is 0 Å². The largest absolute Gasteiger partial charge is 0.381 e. The molecule has 5 heteroatoms. The molecule has 0 bridgehead atoms. The highest BCUT2D eigenvalue weighted by Crippen LogP contribution is 2.32. The van der Waals surface area contributed by atoms with E-state index in [-0.39, 0.29) is 11.9 Å². The number of hydrogen-bond donors (Lipinski definition) is 3. The van der Waals surface area contributed by atoms with Crippen LogP contribution in [0.5, 0.6) is 0 Å². The van der Waals surface area contributed by atoms with Crippen molar-refractivity contribution in [2.45, 2.75) is 25.9 Å². The normalized spacial score (nSPS) is 20.9. The molecule has 1 amide bonds. The lowest BCUT2D eigenvalue weighted by Gasteiger charge is -2.42. The maximum Gasteiger partial charge on any atom is 0.251 e. The van der Waals surface area contributed by atoms with Crippen LogP contribution in [0.2, 0.25) is 0 Å². The summed E-state index contributed by atoms with van der Waals surface area (Å²) in [6.07, 6.45) is 0. The molecule has 1 aromatic rings. The van der Waals surface area contributed by atoms with Crippen molar-refractivity contribution < 1.29 is 4.79 Å². The molecule has 0 aromatic heterocycles. The summed E-state index contributed by atoms with van der Waals surface area (Å²) in [5.74, 6) is -0.00738. The van der Waals surface area contributed by atoms with Crippen LogP contribution in [0.3, 0.4) is 0 Å². The lowest BCUT2D eigenvalue weighted by molar-refractivity contribution is 0.0943. The molecule has 2 aliphatic rings. The molecule has 0 radical (unpaired) electrons. The van der Waals surface area contributed by atoms with E-state index in [1.165, 1.54) is 5.69 Å². The summed E-state index contributed by atoms with van der Waals surface area (Å²) in [5.41, 5.74) is 3.00. The number of fused-ring (bicyclic) bond motifs is 3. The van der Waals surface area contributed by atoms with Gasteiger partial charge in [0.15, 0.2) is 0 Å². The van der Waals surface area contributed by atoms with Gasteiger partial charge in [0, 0.05) is 37.8 Å². The van der Waals surface area contributed by atoms with Crippen LogP contribution < -0.4 is 20.9 Å². The number of nitrogens with zero attached hydrogens (tertiary/aromatic N) is 1. The Morgan fingerprint density at radius 1 is 1.40 bits per heavy atom. The Labute approximate surface area is 119 Å². The molecule has 3 rings (SSSR count). The number of carbonyl (C=O) groups is 1. The number of rotatable bonds is 2. The summed E-state index contributed by atoms with van der Waals surface area (Å²) in [6.45, 7) is 7.93. The van der Waals surface area contributed by atoms with Crippen molar-refractivity contribution in [3.05, 3.63) is 23.8 Å². The minimum atomic E-state index is -0.00738. The fourth-order valence-corrected chi connectivity index (χ4v) is 2.90. The predicted molar refractivity (Wildman–Crippen MR) is 81.5 cm³/mol. The van der Waals surface area contributed by atoms with Crippen molar-refractivity contribution in [2.75, 3.05) is 36.4 Å². The van der Waals surface area contributed by atoms with Crippen LogP contribution in [-0.4, -0.2) is 44.2 Å². The van der Waals surface area contributed by atoms with E-state index in [4.69, 9.17) is 0 Å². The van der Waals surface area contributed by atoms with Crippen LogP contribution in [0.25, 0.3) is 0 Å². The molecular formula is C15H22N4O. The highest BCUT2D eigenvalue weighted by atomic mass is 16.1. The lowest BCUT2D eigenvalue weighted by Crippen LogP contribution is -2.56. The first kappa shape index (κ1) is 13.2. The Kier molecular flexibility index (Phi) is 3.53. The number of anilines is 2. The highest BCUT2D eigenvalue weighted by molar-refractivity contribution is 5.96. The zero-order valence-corrected chi connectivity index (χ0v) is 12.1. The fraction of sp³-hybridized carbons (Fsp3) is 0.533. The molecule has 1 saturated heterocycles. The second-order valence-electron chi connectivity index (χ2n) is 5.79. The maximum absolute atomic E-state index is 12.1. The van der Waals surface area contributed by atoms with Gasteiger partial charge >= 0.3 is 0 Å². The Morgan fingerprint density at radius 2 is 2.25 bits per heavy atom. The first-order valence-corrected chi connectivity index (χ1v) is 7.31. The van der Waals surface area contributed by atoms with Gasteiger partial charge in [-0.2, -0.15) is 0 Å². The van der Waals surface area contributed by atoms with Crippen LogP contribution in [0, 0.1) is 0 Å². The lowest BCUT2D eigenvalue weighted by atomic mass is 10.0. The standard InChI is InChI=1S/C15H22N4O/c1-10(2)18-15(20)11-3-4-14-13(7-11)17-9-12-8-16-5-6-19(12)14/h3-4,7,10,12,16-17H,5-6,8-9H2,1-2H3,(H,18,20). The number of nitrogens with one attached hydrogen (secondary N) is 3. The van der Waals surface area contributed by atoms with Crippen molar-refractivity contribution in [1.29, 1.82) is 0 Å². The number of carbonyl (C=O) groups excluding carboxylic acids is 1. The zero-order chi connectivity index (χ0) is 14.1. The molecule has 2 heterocycles. The summed E-state index contributed by atoms with van der Waals surface area (Å²) in [5, 5.41) is 9.80. The average Bonchev–Trinajstić information content (AvgIpc) is 2.45. The maximum atomic E-state index is 12.1. The van der Waals surface area contributed by atoms with Gasteiger partial charge in [-0.15, -0.1) is 0 Å². The van der Waals surface area contributed by atoms with Crippen molar-refractivity contribution >= 4 is 17.3 Å². The third-order valence-corrected chi connectivity index (χ3v) is 3.87. The van der Waals surface area contributed by atoms with Gasteiger partial charge in [-0.1, -0.05) is 0 Å². The van der Waals surface area contributed by atoms with Crippen molar-refractivity contribution in [3.8, 4) is 0 Å². The molecule has 1 fully saturated rings. The first-order chi connectivity index (χ1) is 9.65. The Morgan fingerprint density at radius 3 is 3.05 bits per heavy atom. The quantitative estimate of drug-likeness (QED) is 0.754. The molecule has 0 spiro atoms. The Bertz CT molecular complexity index is 515. The summed E-state index contributed by atoms with van der Waals surface area (Å²) >= 11 is 0. The Balaban J connectivity index is 1.85. The van der Waals surface area contributed by atoms with Gasteiger partial charge in [-0.25, -0.2) is 0 Å². The van der Waals surface area contributed by atoms with Crippen LogP contribution in [-0.2, 0) is 0 Å². The van der Waals surface area contributed by atoms with Gasteiger partial charge < -0.3 is 20.9 Å². The smallest absolute Gasteiger partial charge is 0.251 e. The van der Waals surface area contributed by atoms with E-state index in [0.717, 1.165) is 37.4 Å². The first-order valence-electron chi connectivity index (χ1n) is 7.31. The third kappa shape index (κ3) is 2.45. The average molecular weight is 274 g/mol. The SMILES string of the molecule is CC(C)NC(=O)c1ccc2c(c1)NCC1CNCCN21. The van der Waals surface area contributed by atoms with E-state index in [1.54, 1.807) is 0 Å². The van der Waals surface area contributed by atoms with Gasteiger partial charge in [0.25, 0.3) is 5.91 Å². The number of benzene rings is 1. The number of piperazine rings is 1. The summed E-state index contributed by atoms with van der Waals surface area (Å²) in [4.78, 5) is 14.5. The van der Waals surface area contributed by atoms with E-state index in [9.17, 15) is 4.79 Å². The molecule has 20 heavy (non-hydrogen) atoms. The molecule has 108 valence electrons. The molecule has 0 aliphatic carbocycles. The Hall–Kier alpha value is -1.75. The van der Waals surface area contributed by atoms with Gasteiger partial charge in [0.2, 0.25) is 0 Å². The molecule has 0 saturated carbocycles. The van der Waals surface area contributed by atoms with Crippen molar-refractivity contribution in [2.24, 2.45) is 0 Å². The second kappa shape index (κ2) is 5.32. The van der Waals surface area contributed by atoms with Crippen molar-refractivity contribution in [3.63, 3.8) is 0 Å². The molecule has 3 N–H and O–H groups in total. The molecule has 1 atom stereocenters. The van der Waals surface area contributed by atoms with E-state index in [0.29, 0.717) is 6.04 Å². The molecule has 2 aliphatic heterocycles.